The Bertz CT molecular complexity index is 448. The highest BCUT2D eigenvalue weighted by atomic mass is 16.1. The van der Waals surface area contributed by atoms with Gasteiger partial charge in [-0.2, -0.15) is 0 Å². The molecule has 0 unspecified atom stereocenters. The van der Waals surface area contributed by atoms with Crippen LogP contribution >= 0.6 is 0 Å². The van der Waals surface area contributed by atoms with Crippen LogP contribution in [0.2, 0.25) is 0 Å². The Kier molecular flexibility index (Phi) is 5.45. The molecule has 1 fully saturated rings. The summed E-state index contributed by atoms with van der Waals surface area (Å²) in [5, 5.41) is 6.22. The van der Waals surface area contributed by atoms with Crippen molar-refractivity contribution in [3.05, 3.63) is 29.3 Å². The first-order valence-corrected chi connectivity index (χ1v) is 7.77. The Balaban J connectivity index is 1.93. The molecule has 0 spiro atoms. The van der Waals surface area contributed by atoms with Crippen molar-refractivity contribution in [1.29, 1.82) is 0 Å². The van der Waals surface area contributed by atoms with Gasteiger partial charge in [0.25, 0.3) is 5.91 Å². The van der Waals surface area contributed by atoms with E-state index in [1.165, 1.54) is 38.5 Å². The molecule has 0 saturated heterocycles. The minimum Gasteiger partial charge on any atom is -0.385 e. The second-order valence-electron chi connectivity index (χ2n) is 5.85. The van der Waals surface area contributed by atoms with E-state index in [1.54, 1.807) is 7.05 Å². The Morgan fingerprint density at radius 1 is 1.20 bits per heavy atom. The van der Waals surface area contributed by atoms with Gasteiger partial charge in [-0.05, 0) is 49.4 Å². The van der Waals surface area contributed by atoms with Crippen molar-refractivity contribution in [2.45, 2.75) is 45.4 Å². The summed E-state index contributed by atoms with van der Waals surface area (Å²) in [6.45, 7) is 3.11. The van der Waals surface area contributed by atoms with E-state index in [9.17, 15) is 4.79 Å². The van der Waals surface area contributed by atoms with Gasteiger partial charge in [0, 0.05) is 24.8 Å². The third kappa shape index (κ3) is 3.99. The summed E-state index contributed by atoms with van der Waals surface area (Å²) < 4.78 is 0. The summed E-state index contributed by atoms with van der Waals surface area (Å²) >= 11 is 0. The van der Waals surface area contributed by atoms with Crippen molar-refractivity contribution >= 4 is 11.6 Å². The molecule has 0 atom stereocenters. The molecule has 3 nitrogen and oxygen atoms in total. The molecule has 1 aromatic carbocycles. The van der Waals surface area contributed by atoms with Crippen LogP contribution in [0.1, 0.15) is 54.4 Å². The van der Waals surface area contributed by atoms with Crippen molar-refractivity contribution in [3.63, 3.8) is 0 Å². The number of hydrogen-bond donors (Lipinski definition) is 2. The van der Waals surface area contributed by atoms with Crippen LogP contribution in [0.15, 0.2) is 18.2 Å². The van der Waals surface area contributed by atoms with Gasteiger partial charge in [-0.3, -0.25) is 4.79 Å². The molecule has 3 heteroatoms. The number of amides is 1. The Hall–Kier alpha value is -1.51. The lowest BCUT2D eigenvalue weighted by Crippen LogP contribution is -2.18. The number of nitrogens with one attached hydrogen (secondary N) is 2. The molecule has 0 aliphatic heterocycles. The fourth-order valence-electron chi connectivity index (χ4n) is 2.97. The van der Waals surface area contributed by atoms with Crippen molar-refractivity contribution in [3.8, 4) is 0 Å². The first kappa shape index (κ1) is 14.9. The van der Waals surface area contributed by atoms with E-state index < -0.39 is 0 Å². The number of hydrogen-bond acceptors (Lipinski definition) is 2. The van der Waals surface area contributed by atoms with Crippen LogP contribution in [0.25, 0.3) is 0 Å². The fraction of sp³-hybridized carbons (Fsp3) is 0.588. The maximum Gasteiger partial charge on any atom is 0.251 e. The number of carbonyl (C=O) groups is 1. The zero-order chi connectivity index (χ0) is 14.4. The van der Waals surface area contributed by atoms with E-state index in [2.05, 4.69) is 17.6 Å². The van der Waals surface area contributed by atoms with Gasteiger partial charge in [0.1, 0.15) is 0 Å². The lowest BCUT2D eigenvalue weighted by Gasteiger charge is -2.17. The summed E-state index contributed by atoms with van der Waals surface area (Å²) in [4.78, 5) is 11.6. The van der Waals surface area contributed by atoms with Crippen LogP contribution in [0, 0.1) is 12.8 Å². The number of benzene rings is 1. The summed E-state index contributed by atoms with van der Waals surface area (Å²) in [5.41, 5.74) is 3.02. The molecule has 1 amide bonds. The molecule has 1 aliphatic rings. The quantitative estimate of drug-likeness (QED) is 0.821. The standard InChI is InChI=1S/C17H26N2O/c1-13-11-15(17(20)18-2)9-10-16(13)19-12-14-7-5-3-4-6-8-14/h9-11,14,19H,3-8,12H2,1-2H3,(H,18,20). The molecule has 20 heavy (non-hydrogen) atoms. The van der Waals surface area contributed by atoms with E-state index in [-0.39, 0.29) is 5.91 Å². The highest BCUT2D eigenvalue weighted by molar-refractivity contribution is 5.94. The molecule has 2 rings (SSSR count). The largest absolute Gasteiger partial charge is 0.385 e. The number of aryl methyl sites for hydroxylation is 1. The van der Waals surface area contributed by atoms with Gasteiger partial charge in [0.15, 0.2) is 0 Å². The fourth-order valence-corrected chi connectivity index (χ4v) is 2.97. The second kappa shape index (κ2) is 7.32. The monoisotopic (exact) mass is 274 g/mol. The molecule has 0 radical (unpaired) electrons. The van der Waals surface area contributed by atoms with Gasteiger partial charge in [0.2, 0.25) is 0 Å². The predicted octanol–water partition coefficient (Wildman–Crippen LogP) is 3.74. The molecular formula is C17H26N2O. The highest BCUT2D eigenvalue weighted by Gasteiger charge is 2.12. The minimum absolute atomic E-state index is 0.0246. The van der Waals surface area contributed by atoms with Crippen LogP contribution in [0.5, 0.6) is 0 Å². The number of rotatable bonds is 4. The third-order valence-electron chi connectivity index (χ3n) is 4.27. The molecule has 0 aromatic heterocycles. The summed E-state index contributed by atoms with van der Waals surface area (Å²) in [5.74, 6) is 0.777. The molecule has 1 aromatic rings. The molecule has 0 bridgehead atoms. The summed E-state index contributed by atoms with van der Waals surface area (Å²) in [6, 6.07) is 5.87. The summed E-state index contributed by atoms with van der Waals surface area (Å²) in [7, 11) is 1.66. The molecule has 110 valence electrons. The minimum atomic E-state index is -0.0246. The SMILES string of the molecule is CNC(=O)c1ccc(NCC2CCCCCC2)c(C)c1. The van der Waals surface area contributed by atoms with E-state index in [0.717, 1.165) is 29.3 Å². The second-order valence-corrected chi connectivity index (χ2v) is 5.85. The van der Waals surface area contributed by atoms with E-state index in [4.69, 9.17) is 0 Å². The highest BCUT2D eigenvalue weighted by Crippen LogP contribution is 2.24. The van der Waals surface area contributed by atoms with Gasteiger partial charge < -0.3 is 10.6 Å². The van der Waals surface area contributed by atoms with Crippen LogP contribution in [-0.4, -0.2) is 19.5 Å². The Morgan fingerprint density at radius 2 is 1.90 bits per heavy atom. The van der Waals surface area contributed by atoms with Crippen molar-refractivity contribution in [2.75, 3.05) is 18.9 Å². The van der Waals surface area contributed by atoms with Crippen molar-refractivity contribution in [2.24, 2.45) is 5.92 Å². The van der Waals surface area contributed by atoms with Gasteiger partial charge in [-0.25, -0.2) is 0 Å². The zero-order valence-corrected chi connectivity index (χ0v) is 12.7. The topological polar surface area (TPSA) is 41.1 Å². The zero-order valence-electron chi connectivity index (χ0n) is 12.7. The average Bonchev–Trinajstić information content (AvgIpc) is 2.73. The molecule has 2 N–H and O–H groups in total. The van der Waals surface area contributed by atoms with Gasteiger partial charge >= 0.3 is 0 Å². The molecule has 1 aliphatic carbocycles. The maximum atomic E-state index is 11.6. The maximum absolute atomic E-state index is 11.6. The van der Waals surface area contributed by atoms with Crippen LogP contribution < -0.4 is 10.6 Å². The van der Waals surface area contributed by atoms with E-state index >= 15 is 0 Å². The van der Waals surface area contributed by atoms with Crippen LogP contribution in [0.3, 0.4) is 0 Å². The lowest BCUT2D eigenvalue weighted by atomic mass is 10.00. The van der Waals surface area contributed by atoms with Crippen molar-refractivity contribution in [1.82, 2.24) is 5.32 Å². The normalized spacial score (nSPS) is 16.5. The first-order chi connectivity index (χ1) is 9.70. The van der Waals surface area contributed by atoms with Crippen molar-refractivity contribution < 1.29 is 4.79 Å². The Morgan fingerprint density at radius 3 is 2.50 bits per heavy atom. The smallest absolute Gasteiger partial charge is 0.251 e. The number of carbonyl (C=O) groups excluding carboxylic acids is 1. The summed E-state index contributed by atoms with van der Waals surface area (Å²) in [6.07, 6.45) is 8.25. The molecule has 0 heterocycles. The lowest BCUT2D eigenvalue weighted by molar-refractivity contribution is 0.0963. The van der Waals surface area contributed by atoms with Gasteiger partial charge in [0.05, 0.1) is 0 Å². The molecular weight excluding hydrogens is 248 g/mol. The van der Waals surface area contributed by atoms with E-state index in [0.29, 0.717) is 0 Å². The van der Waals surface area contributed by atoms with Gasteiger partial charge in [-0.15, -0.1) is 0 Å². The third-order valence-corrected chi connectivity index (χ3v) is 4.27. The van der Waals surface area contributed by atoms with E-state index in [1.807, 2.05) is 18.2 Å². The number of anilines is 1. The predicted molar refractivity (Wildman–Crippen MR) is 84.3 cm³/mol. The van der Waals surface area contributed by atoms with Gasteiger partial charge in [-0.1, -0.05) is 25.7 Å². The average molecular weight is 274 g/mol. The van der Waals surface area contributed by atoms with Crippen LogP contribution in [-0.2, 0) is 0 Å². The van der Waals surface area contributed by atoms with Crippen LogP contribution in [0.4, 0.5) is 5.69 Å². The molecule has 1 saturated carbocycles. The Labute approximate surface area is 122 Å². The first-order valence-electron chi connectivity index (χ1n) is 7.77.